The number of aliphatic hydroxyl groups is 1. The zero-order valence-corrected chi connectivity index (χ0v) is 13.7. The molecule has 1 N–H and O–H groups in total. The van der Waals surface area contributed by atoms with Crippen molar-refractivity contribution in [3.8, 4) is 5.75 Å². The highest BCUT2D eigenvalue weighted by Crippen LogP contribution is 2.34. The van der Waals surface area contributed by atoms with Gasteiger partial charge >= 0.3 is 0 Å². The SMILES string of the molecule is CCCCN(C)CC(O)c1ccc2c(c1)N(CC)C(=O)CO2. The van der Waals surface area contributed by atoms with Gasteiger partial charge in [0, 0.05) is 13.1 Å². The summed E-state index contributed by atoms with van der Waals surface area (Å²) in [7, 11) is 2.02. The van der Waals surface area contributed by atoms with Crippen LogP contribution < -0.4 is 9.64 Å². The van der Waals surface area contributed by atoms with Crippen LogP contribution >= 0.6 is 0 Å². The molecule has 1 atom stereocenters. The fourth-order valence-electron chi connectivity index (χ4n) is 2.69. The van der Waals surface area contributed by atoms with Crippen LogP contribution in [0.4, 0.5) is 5.69 Å². The molecule has 0 spiro atoms. The molecule has 0 saturated carbocycles. The van der Waals surface area contributed by atoms with Gasteiger partial charge < -0.3 is 19.6 Å². The van der Waals surface area contributed by atoms with E-state index < -0.39 is 6.10 Å². The lowest BCUT2D eigenvalue weighted by Crippen LogP contribution is -2.38. The van der Waals surface area contributed by atoms with Gasteiger partial charge in [-0.1, -0.05) is 19.4 Å². The largest absolute Gasteiger partial charge is 0.482 e. The van der Waals surface area contributed by atoms with Gasteiger partial charge in [-0.25, -0.2) is 0 Å². The van der Waals surface area contributed by atoms with Crippen LogP contribution in [0.15, 0.2) is 18.2 Å². The molecule has 1 aromatic carbocycles. The highest BCUT2D eigenvalue weighted by molar-refractivity contribution is 5.97. The number of rotatable bonds is 7. The Balaban J connectivity index is 2.12. The van der Waals surface area contributed by atoms with E-state index in [0.29, 0.717) is 18.8 Å². The Morgan fingerprint density at radius 2 is 2.18 bits per heavy atom. The molecule has 0 aliphatic carbocycles. The summed E-state index contributed by atoms with van der Waals surface area (Å²) in [6.45, 7) is 6.34. The first-order valence-corrected chi connectivity index (χ1v) is 8.00. The third kappa shape index (κ3) is 3.78. The minimum absolute atomic E-state index is 0.0401. The highest BCUT2D eigenvalue weighted by Gasteiger charge is 2.25. The van der Waals surface area contributed by atoms with Crippen molar-refractivity contribution in [2.75, 3.05) is 38.2 Å². The Morgan fingerprint density at radius 3 is 2.86 bits per heavy atom. The second kappa shape index (κ2) is 7.61. The van der Waals surface area contributed by atoms with E-state index in [1.54, 1.807) is 4.90 Å². The van der Waals surface area contributed by atoms with Crippen LogP contribution in [0.2, 0.25) is 0 Å². The molecule has 1 unspecified atom stereocenters. The summed E-state index contributed by atoms with van der Waals surface area (Å²) in [4.78, 5) is 15.7. The number of likely N-dealkylation sites (N-methyl/N-ethyl adjacent to an activating group) is 2. The van der Waals surface area contributed by atoms with Crippen molar-refractivity contribution in [1.29, 1.82) is 0 Å². The van der Waals surface area contributed by atoms with E-state index in [1.807, 2.05) is 32.2 Å². The number of aliphatic hydroxyl groups excluding tert-OH is 1. The number of benzene rings is 1. The molecule has 0 fully saturated rings. The molecular weight excluding hydrogens is 280 g/mol. The number of ether oxygens (including phenoxy) is 1. The van der Waals surface area contributed by atoms with Gasteiger partial charge in [-0.15, -0.1) is 0 Å². The molecule has 0 saturated heterocycles. The second-order valence-corrected chi connectivity index (χ2v) is 5.79. The van der Waals surface area contributed by atoms with Crippen molar-refractivity contribution in [1.82, 2.24) is 4.90 Å². The average molecular weight is 306 g/mol. The van der Waals surface area contributed by atoms with Crippen molar-refractivity contribution in [3.63, 3.8) is 0 Å². The molecule has 0 radical (unpaired) electrons. The summed E-state index contributed by atoms with van der Waals surface area (Å²) in [6, 6.07) is 5.59. The smallest absolute Gasteiger partial charge is 0.265 e. The number of carbonyl (C=O) groups is 1. The van der Waals surface area contributed by atoms with Crippen LogP contribution in [0.1, 0.15) is 38.4 Å². The summed E-state index contributed by atoms with van der Waals surface area (Å²) in [5, 5.41) is 10.4. The van der Waals surface area contributed by atoms with Crippen LogP contribution in [0.25, 0.3) is 0 Å². The number of carbonyl (C=O) groups excluding carboxylic acids is 1. The van der Waals surface area contributed by atoms with Crippen molar-refractivity contribution in [3.05, 3.63) is 23.8 Å². The molecule has 1 heterocycles. The molecule has 1 amide bonds. The molecule has 22 heavy (non-hydrogen) atoms. The third-order valence-electron chi connectivity index (χ3n) is 4.00. The van der Waals surface area contributed by atoms with E-state index in [-0.39, 0.29) is 12.5 Å². The minimum atomic E-state index is -0.567. The van der Waals surface area contributed by atoms with Gasteiger partial charge in [-0.05, 0) is 44.6 Å². The van der Waals surface area contributed by atoms with Crippen molar-refractivity contribution < 1.29 is 14.6 Å². The summed E-state index contributed by atoms with van der Waals surface area (Å²) >= 11 is 0. The van der Waals surface area contributed by atoms with Crippen molar-refractivity contribution in [2.24, 2.45) is 0 Å². The minimum Gasteiger partial charge on any atom is -0.482 e. The molecule has 2 rings (SSSR count). The van der Waals surface area contributed by atoms with E-state index in [0.717, 1.165) is 30.6 Å². The van der Waals surface area contributed by atoms with Gasteiger partial charge in [0.2, 0.25) is 0 Å². The first kappa shape index (κ1) is 16.8. The maximum atomic E-state index is 11.9. The van der Waals surface area contributed by atoms with E-state index in [2.05, 4.69) is 11.8 Å². The average Bonchev–Trinajstić information content (AvgIpc) is 2.52. The number of hydrogen-bond acceptors (Lipinski definition) is 4. The van der Waals surface area contributed by atoms with E-state index >= 15 is 0 Å². The van der Waals surface area contributed by atoms with Crippen molar-refractivity contribution in [2.45, 2.75) is 32.8 Å². The molecule has 5 nitrogen and oxygen atoms in total. The highest BCUT2D eigenvalue weighted by atomic mass is 16.5. The quantitative estimate of drug-likeness (QED) is 0.839. The maximum absolute atomic E-state index is 11.9. The topological polar surface area (TPSA) is 53.0 Å². The fraction of sp³-hybridized carbons (Fsp3) is 0.588. The molecule has 122 valence electrons. The first-order chi connectivity index (χ1) is 10.6. The van der Waals surface area contributed by atoms with E-state index in [9.17, 15) is 9.90 Å². The normalized spacial score (nSPS) is 15.7. The second-order valence-electron chi connectivity index (χ2n) is 5.79. The summed E-state index contributed by atoms with van der Waals surface area (Å²) < 4.78 is 5.45. The van der Waals surface area contributed by atoms with Gasteiger partial charge in [-0.3, -0.25) is 4.79 Å². The Bertz CT molecular complexity index is 519. The zero-order valence-electron chi connectivity index (χ0n) is 13.7. The van der Waals surface area contributed by atoms with Crippen LogP contribution in [0, 0.1) is 0 Å². The summed E-state index contributed by atoms with van der Waals surface area (Å²) in [6.07, 6.45) is 1.70. The van der Waals surface area contributed by atoms with E-state index in [1.165, 1.54) is 0 Å². The number of unbranched alkanes of at least 4 members (excludes halogenated alkanes) is 1. The Labute approximate surface area is 132 Å². The maximum Gasteiger partial charge on any atom is 0.265 e. The molecule has 1 aliphatic heterocycles. The lowest BCUT2D eigenvalue weighted by molar-refractivity contribution is -0.121. The number of fused-ring (bicyclic) bond motifs is 1. The van der Waals surface area contributed by atoms with E-state index in [4.69, 9.17) is 4.74 Å². The van der Waals surface area contributed by atoms with Crippen LogP contribution in [-0.4, -0.2) is 49.2 Å². The first-order valence-electron chi connectivity index (χ1n) is 8.00. The van der Waals surface area contributed by atoms with Gasteiger partial charge in [0.05, 0.1) is 11.8 Å². The summed E-state index contributed by atoms with van der Waals surface area (Å²) in [5.41, 5.74) is 1.57. The number of anilines is 1. The fourth-order valence-corrected chi connectivity index (χ4v) is 2.69. The molecule has 0 aromatic heterocycles. The van der Waals surface area contributed by atoms with Crippen molar-refractivity contribution >= 4 is 11.6 Å². The van der Waals surface area contributed by atoms with Crippen LogP contribution in [-0.2, 0) is 4.79 Å². The third-order valence-corrected chi connectivity index (χ3v) is 4.00. The summed E-state index contributed by atoms with van der Waals surface area (Å²) in [5.74, 6) is 0.665. The number of hydrogen-bond donors (Lipinski definition) is 1. The number of amides is 1. The van der Waals surface area contributed by atoms with Gasteiger partial charge in [0.25, 0.3) is 5.91 Å². The Hall–Kier alpha value is -1.59. The van der Waals surface area contributed by atoms with Gasteiger partial charge in [-0.2, -0.15) is 0 Å². The van der Waals surface area contributed by atoms with Gasteiger partial charge in [0.15, 0.2) is 6.61 Å². The van der Waals surface area contributed by atoms with Crippen LogP contribution in [0.3, 0.4) is 0 Å². The molecule has 1 aromatic rings. The molecule has 5 heteroatoms. The Kier molecular flexibility index (Phi) is 5.80. The number of nitrogens with zero attached hydrogens (tertiary/aromatic N) is 2. The molecular formula is C17H26N2O3. The predicted molar refractivity (Wildman–Crippen MR) is 87.3 cm³/mol. The van der Waals surface area contributed by atoms with Gasteiger partial charge in [0.1, 0.15) is 5.75 Å². The Morgan fingerprint density at radius 1 is 1.41 bits per heavy atom. The standard InChI is InChI=1S/C17H26N2O3/c1-4-6-9-18(3)11-15(20)13-7-8-16-14(10-13)19(5-2)17(21)12-22-16/h7-8,10,15,20H,4-6,9,11-12H2,1-3H3. The van der Waals surface area contributed by atoms with Crippen LogP contribution in [0.5, 0.6) is 5.75 Å². The lowest BCUT2D eigenvalue weighted by Gasteiger charge is -2.29. The molecule has 1 aliphatic rings. The monoisotopic (exact) mass is 306 g/mol. The predicted octanol–water partition coefficient (Wildman–Crippen LogP) is 2.20. The lowest BCUT2D eigenvalue weighted by atomic mass is 10.1. The molecule has 0 bridgehead atoms. The zero-order chi connectivity index (χ0) is 16.1.